The highest BCUT2D eigenvalue weighted by Gasteiger charge is 2.32. The van der Waals surface area contributed by atoms with Gasteiger partial charge >= 0.3 is 0 Å². The highest BCUT2D eigenvalue weighted by molar-refractivity contribution is 9.09. The Morgan fingerprint density at radius 3 is 2.60 bits per heavy atom. The lowest BCUT2D eigenvalue weighted by atomic mass is 10.0. The second-order valence-corrected chi connectivity index (χ2v) is 3.57. The third-order valence-electron chi connectivity index (χ3n) is 1.66. The first-order chi connectivity index (χ1) is 4.61. The molecule has 0 aromatic carbocycles. The van der Waals surface area contributed by atoms with Crippen molar-refractivity contribution in [2.24, 2.45) is 0 Å². The van der Waals surface area contributed by atoms with Crippen molar-refractivity contribution in [1.29, 1.82) is 0 Å². The Morgan fingerprint density at radius 2 is 2.10 bits per heavy atom. The molecule has 1 saturated heterocycles. The minimum absolute atomic E-state index is 0.124. The molecule has 1 heterocycles. The molecule has 3 nitrogen and oxygen atoms in total. The smallest absolute Gasteiger partial charge is 0.115 e. The lowest BCUT2D eigenvalue weighted by Gasteiger charge is -2.32. The van der Waals surface area contributed by atoms with Crippen molar-refractivity contribution >= 4 is 15.9 Å². The van der Waals surface area contributed by atoms with Crippen molar-refractivity contribution in [3.8, 4) is 0 Å². The Hall–Kier alpha value is 0.360. The number of hydrogen-bond donors (Lipinski definition) is 2. The molecule has 0 aromatic heterocycles. The Bertz CT molecular complexity index is 108. The van der Waals surface area contributed by atoms with E-state index in [0.29, 0.717) is 6.42 Å². The number of aliphatic hydroxyl groups is 2. The molecule has 2 N–H and O–H groups in total. The average molecular weight is 211 g/mol. The molecule has 0 saturated carbocycles. The number of ether oxygens (including phenoxy) is 1. The van der Waals surface area contributed by atoms with Crippen molar-refractivity contribution in [3.05, 3.63) is 0 Å². The predicted octanol–water partition coefficient (Wildman–Crippen LogP) is 0.238. The first-order valence-corrected chi connectivity index (χ1v) is 4.18. The van der Waals surface area contributed by atoms with Gasteiger partial charge in [-0.25, -0.2) is 0 Å². The maximum atomic E-state index is 9.17. The molecule has 1 aliphatic heterocycles. The van der Waals surface area contributed by atoms with Crippen LogP contribution in [-0.2, 0) is 4.74 Å². The summed E-state index contributed by atoms with van der Waals surface area (Å²) in [7, 11) is 0. The van der Waals surface area contributed by atoms with Crippen molar-refractivity contribution < 1.29 is 14.9 Å². The normalized spacial score (nSPS) is 49.2. The summed E-state index contributed by atoms with van der Waals surface area (Å²) < 4.78 is 5.18. The number of alkyl halides is 1. The summed E-state index contributed by atoms with van der Waals surface area (Å²) in [5.74, 6) is 0. The van der Waals surface area contributed by atoms with Gasteiger partial charge in [-0.1, -0.05) is 15.9 Å². The van der Waals surface area contributed by atoms with Gasteiger partial charge in [0.05, 0.1) is 12.2 Å². The van der Waals surface area contributed by atoms with Crippen LogP contribution in [0.1, 0.15) is 13.3 Å². The van der Waals surface area contributed by atoms with Gasteiger partial charge in [0, 0.05) is 6.42 Å². The summed E-state index contributed by atoms with van der Waals surface area (Å²) in [5, 5.41) is 18.2. The number of rotatable bonds is 0. The number of hydrogen-bond acceptors (Lipinski definition) is 3. The summed E-state index contributed by atoms with van der Waals surface area (Å²) in [6, 6.07) is 0. The second kappa shape index (κ2) is 3.17. The van der Waals surface area contributed by atoms with E-state index in [1.807, 2.05) is 0 Å². The highest BCUT2D eigenvalue weighted by Crippen LogP contribution is 2.23. The highest BCUT2D eigenvalue weighted by atomic mass is 79.9. The number of aliphatic hydroxyl groups excluding tert-OH is 2. The van der Waals surface area contributed by atoms with Crippen molar-refractivity contribution in [2.45, 2.75) is 36.7 Å². The van der Waals surface area contributed by atoms with E-state index in [0.717, 1.165) is 0 Å². The summed E-state index contributed by atoms with van der Waals surface area (Å²) in [4.78, 5) is 0. The van der Waals surface area contributed by atoms with E-state index in [4.69, 9.17) is 14.9 Å². The Morgan fingerprint density at radius 1 is 1.50 bits per heavy atom. The fourth-order valence-corrected chi connectivity index (χ4v) is 1.73. The first-order valence-electron chi connectivity index (χ1n) is 3.27. The van der Waals surface area contributed by atoms with Crippen LogP contribution in [0.5, 0.6) is 0 Å². The minimum atomic E-state index is -0.742. The van der Waals surface area contributed by atoms with E-state index in [-0.39, 0.29) is 11.1 Å². The molecule has 0 bridgehead atoms. The molecule has 0 aliphatic carbocycles. The standard InChI is InChI=1S/C6H11BrO3/c1-3-6(9)4(8)2-5(7)10-3/h3-6,8-9H,2H2,1H3/t3-,4+,5?,6-/m1/s1. The molecule has 4 atom stereocenters. The van der Waals surface area contributed by atoms with E-state index in [9.17, 15) is 0 Å². The van der Waals surface area contributed by atoms with E-state index < -0.39 is 12.2 Å². The van der Waals surface area contributed by atoms with E-state index in [1.54, 1.807) is 6.92 Å². The van der Waals surface area contributed by atoms with Crippen LogP contribution in [0.15, 0.2) is 0 Å². The minimum Gasteiger partial charge on any atom is -0.390 e. The topological polar surface area (TPSA) is 49.7 Å². The van der Waals surface area contributed by atoms with Crippen LogP contribution >= 0.6 is 15.9 Å². The SMILES string of the molecule is C[C@H]1OC(Br)C[C@H](O)[C@@H]1O. The van der Waals surface area contributed by atoms with E-state index in [2.05, 4.69) is 15.9 Å². The van der Waals surface area contributed by atoms with Crippen LogP contribution < -0.4 is 0 Å². The Balaban J connectivity index is 2.49. The summed E-state index contributed by atoms with van der Waals surface area (Å²) in [6.07, 6.45) is -1.24. The van der Waals surface area contributed by atoms with E-state index >= 15 is 0 Å². The Labute approximate surface area is 68.1 Å². The van der Waals surface area contributed by atoms with Crippen LogP contribution in [0.25, 0.3) is 0 Å². The van der Waals surface area contributed by atoms with Gasteiger partial charge in [0.25, 0.3) is 0 Å². The zero-order valence-electron chi connectivity index (χ0n) is 5.70. The maximum Gasteiger partial charge on any atom is 0.115 e. The molecular weight excluding hydrogens is 200 g/mol. The molecule has 0 amide bonds. The largest absolute Gasteiger partial charge is 0.390 e. The Kier molecular flexibility index (Phi) is 2.68. The fraction of sp³-hybridized carbons (Fsp3) is 1.00. The zero-order chi connectivity index (χ0) is 7.72. The van der Waals surface area contributed by atoms with Crippen molar-refractivity contribution in [3.63, 3.8) is 0 Å². The maximum absolute atomic E-state index is 9.17. The molecule has 0 radical (unpaired) electrons. The first kappa shape index (κ1) is 8.46. The lowest BCUT2D eigenvalue weighted by Crippen LogP contribution is -2.44. The summed E-state index contributed by atoms with van der Waals surface area (Å²) in [6.45, 7) is 1.74. The molecule has 4 heteroatoms. The monoisotopic (exact) mass is 210 g/mol. The average Bonchev–Trinajstić information content (AvgIpc) is 1.82. The van der Waals surface area contributed by atoms with Gasteiger partial charge in [-0.3, -0.25) is 0 Å². The van der Waals surface area contributed by atoms with Gasteiger partial charge in [0.1, 0.15) is 11.1 Å². The van der Waals surface area contributed by atoms with Crippen LogP contribution in [0, 0.1) is 0 Å². The number of halogens is 1. The quantitative estimate of drug-likeness (QED) is 0.564. The van der Waals surface area contributed by atoms with Gasteiger partial charge in [-0.15, -0.1) is 0 Å². The van der Waals surface area contributed by atoms with E-state index in [1.165, 1.54) is 0 Å². The van der Waals surface area contributed by atoms with Crippen LogP contribution in [0.3, 0.4) is 0 Å². The van der Waals surface area contributed by atoms with Gasteiger partial charge in [0.15, 0.2) is 0 Å². The van der Waals surface area contributed by atoms with Gasteiger partial charge < -0.3 is 14.9 Å². The predicted molar refractivity (Wildman–Crippen MR) is 39.9 cm³/mol. The molecule has 0 aromatic rings. The van der Waals surface area contributed by atoms with Gasteiger partial charge in [0.2, 0.25) is 0 Å². The second-order valence-electron chi connectivity index (χ2n) is 2.54. The zero-order valence-corrected chi connectivity index (χ0v) is 7.28. The molecule has 1 fully saturated rings. The third-order valence-corrected chi connectivity index (χ3v) is 2.25. The van der Waals surface area contributed by atoms with Crippen LogP contribution in [0.4, 0.5) is 0 Å². The molecular formula is C6H11BrO3. The third kappa shape index (κ3) is 1.69. The van der Waals surface area contributed by atoms with Crippen LogP contribution in [0.2, 0.25) is 0 Å². The molecule has 1 unspecified atom stereocenters. The lowest BCUT2D eigenvalue weighted by molar-refractivity contribution is -0.135. The fourth-order valence-electron chi connectivity index (χ4n) is 1.01. The molecule has 1 aliphatic rings. The van der Waals surface area contributed by atoms with Gasteiger partial charge in [-0.05, 0) is 6.92 Å². The molecule has 60 valence electrons. The molecule has 1 rings (SSSR count). The summed E-state index contributed by atoms with van der Waals surface area (Å²) in [5.41, 5.74) is 0. The molecule has 10 heavy (non-hydrogen) atoms. The van der Waals surface area contributed by atoms with Gasteiger partial charge in [-0.2, -0.15) is 0 Å². The van der Waals surface area contributed by atoms with Crippen LogP contribution in [-0.4, -0.2) is 33.5 Å². The van der Waals surface area contributed by atoms with Crippen molar-refractivity contribution in [1.82, 2.24) is 0 Å². The summed E-state index contributed by atoms with van der Waals surface area (Å²) >= 11 is 3.20. The molecule has 0 spiro atoms. The van der Waals surface area contributed by atoms with Crippen molar-refractivity contribution in [2.75, 3.05) is 0 Å².